The fraction of sp³-hybridized carbons (Fsp3) is 0.367. The second-order valence-corrected chi connectivity index (χ2v) is 10.5. The van der Waals surface area contributed by atoms with Gasteiger partial charge in [-0.15, -0.1) is 0 Å². The normalized spacial score (nSPS) is 20.5. The molecule has 0 aromatic heterocycles. The highest BCUT2D eigenvalue weighted by atomic mass is 16.2. The smallest absolute Gasteiger partial charge is 0.264 e. The summed E-state index contributed by atoms with van der Waals surface area (Å²) in [6, 6.07) is 10.8. The Hall–Kier alpha value is -4.31. The monoisotopic (exact) mass is 542 g/mol. The lowest BCUT2D eigenvalue weighted by molar-refractivity contribution is -0.136. The zero-order valence-electron chi connectivity index (χ0n) is 22.6. The molecule has 0 bridgehead atoms. The Morgan fingerprint density at radius 3 is 2.60 bits per heavy atom. The van der Waals surface area contributed by atoms with E-state index in [4.69, 9.17) is 5.73 Å². The van der Waals surface area contributed by atoms with Crippen LogP contribution in [0.5, 0.6) is 0 Å². The molecule has 10 heteroatoms. The third kappa shape index (κ3) is 5.67. The summed E-state index contributed by atoms with van der Waals surface area (Å²) in [7, 11) is 0. The van der Waals surface area contributed by atoms with Crippen molar-refractivity contribution in [2.75, 3.05) is 18.4 Å². The van der Waals surface area contributed by atoms with E-state index in [-0.39, 0.29) is 24.0 Å². The number of nitrogens with zero attached hydrogens (tertiary/aromatic N) is 3. The molecule has 4 amide bonds. The number of fused-ring (bicyclic) bond motifs is 1. The predicted octanol–water partition coefficient (Wildman–Crippen LogP) is 2.52. The number of nitrogens with two attached hydrogens (primary N) is 1. The van der Waals surface area contributed by atoms with E-state index in [1.165, 1.54) is 17.3 Å². The predicted molar refractivity (Wildman–Crippen MR) is 152 cm³/mol. The lowest BCUT2D eigenvalue weighted by Gasteiger charge is -2.30. The molecule has 2 aromatic rings. The maximum atomic E-state index is 13.3. The van der Waals surface area contributed by atoms with Gasteiger partial charge in [-0.25, -0.2) is 0 Å². The minimum Gasteiger partial charge on any atom is -0.405 e. The molecule has 1 atom stereocenters. The van der Waals surface area contributed by atoms with E-state index >= 15 is 0 Å². The average molecular weight is 543 g/mol. The Morgan fingerprint density at radius 2 is 1.88 bits per heavy atom. The summed E-state index contributed by atoms with van der Waals surface area (Å²) in [5, 5.41) is 5.54. The second kappa shape index (κ2) is 11.8. The van der Waals surface area contributed by atoms with Gasteiger partial charge in [-0.05, 0) is 67.3 Å². The number of piperidine rings is 2. The SMILES string of the molecule is Cc1cc(CNc2cccc3c2C(=O)N(C2CCC(=O)NC2=O)C3=O)ccc1CN1CCC(N=CC=CN)CC1. The third-order valence-electron chi connectivity index (χ3n) is 7.80. The fourth-order valence-corrected chi connectivity index (χ4v) is 5.59. The number of aryl methyl sites for hydroxylation is 1. The second-order valence-electron chi connectivity index (χ2n) is 10.5. The van der Waals surface area contributed by atoms with Crippen LogP contribution >= 0.6 is 0 Å². The molecule has 2 fully saturated rings. The Bertz CT molecular complexity index is 1390. The van der Waals surface area contributed by atoms with Crippen LogP contribution in [0.1, 0.15) is 63.1 Å². The Balaban J connectivity index is 1.21. The quantitative estimate of drug-likeness (QED) is 0.344. The molecule has 4 N–H and O–H groups in total. The van der Waals surface area contributed by atoms with Gasteiger partial charge >= 0.3 is 0 Å². The van der Waals surface area contributed by atoms with Gasteiger partial charge in [0.2, 0.25) is 11.8 Å². The Labute approximate surface area is 233 Å². The summed E-state index contributed by atoms with van der Waals surface area (Å²) < 4.78 is 0. The van der Waals surface area contributed by atoms with Crippen molar-refractivity contribution in [1.82, 2.24) is 15.1 Å². The van der Waals surface area contributed by atoms with Gasteiger partial charge in [-0.1, -0.05) is 24.3 Å². The van der Waals surface area contributed by atoms with Crippen LogP contribution in [0.2, 0.25) is 0 Å². The highest BCUT2D eigenvalue weighted by Crippen LogP contribution is 2.32. The van der Waals surface area contributed by atoms with Crippen LogP contribution in [0, 0.1) is 6.92 Å². The number of nitrogens with one attached hydrogen (secondary N) is 2. The summed E-state index contributed by atoms with van der Waals surface area (Å²) in [6.45, 7) is 5.46. The lowest BCUT2D eigenvalue weighted by Crippen LogP contribution is -2.54. The van der Waals surface area contributed by atoms with Crippen LogP contribution in [-0.4, -0.2) is 64.8 Å². The van der Waals surface area contributed by atoms with Crippen LogP contribution in [0.15, 0.2) is 53.7 Å². The van der Waals surface area contributed by atoms with Gasteiger partial charge in [0.05, 0.1) is 17.2 Å². The maximum absolute atomic E-state index is 13.3. The van der Waals surface area contributed by atoms with Gasteiger partial charge in [0.15, 0.2) is 0 Å². The van der Waals surface area contributed by atoms with Crippen LogP contribution in [0.3, 0.4) is 0 Å². The van der Waals surface area contributed by atoms with Crippen LogP contribution in [0.25, 0.3) is 0 Å². The van der Waals surface area contributed by atoms with Gasteiger partial charge in [0, 0.05) is 44.5 Å². The molecule has 1 unspecified atom stereocenters. The van der Waals surface area contributed by atoms with E-state index < -0.39 is 29.7 Å². The molecular formula is C30H34N6O4. The zero-order valence-corrected chi connectivity index (χ0v) is 22.6. The van der Waals surface area contributed by atoms with Gasteiger partial charge in [-0.3, -0.25) is 39.3 Å². The van der Waals surface area contributed by atoms with E-state index in [9.17, 15) is 19.2 Å². The van der Waals surface area contributed by atoms with Crippen molar-refractivity contribution >= 4 is 35.5 Å². The van der Waals surface area contributed by atoms with Crippen molar-refractivity contribution in [2.45, 2.75) is 57.8 Å². The van der Waals surface area contributed by atoms with Crippen molar-refractivity contribution in [1.29, 1.82) is 0 Å². The number of carbonyl (C=O) groups excluding carboxylic acids is 4. The van der Waals surface area contributed by atoms with E-state index in [0.29, 0.717) is 18.3 Å². The molecule has 5 rings (SSSR count). The van der Waals surface area contributed by atoms with Crippen molar-refractivity contribution in [3.05, 3.63) is 76.5 Å². The van der Waals surface area contributed by atoms with E-state index in [2.05, 4.69) is 45.6 Å². The number of imide groups is 2. The molecule has 0 saturated carbocycles. The molecule has 0 spiro atoms. The molecule has 0 radical (unpaired) electrons. The highest BCUT2D eigenvalue weighted by Gasteiger charge is 2.45. The van der Waals surface area contributed by atoms with E-state index in [1.54, 1.807) is 30.5 Å². The summed E-state index contributed by atoms with van der Waals surface area (Å²) in [6.07, 6.45) is 7.30. The van der Waals surface area contributed by atoms with Crippen molar-refractivity contribution < 1.29 is 19.2 Å². The Morgan fingerprint density at radius 1 is 1.07 bits per heavy atom. The lowest BCUT2D eigenvalue weighted by atomic mass is 10.0. The first-order valence-corrected chi connectivity index (χ1v) is 13.6. The summed E-state index contributed by atoms with van der Waals surface area (Å²) in [5.74, 6) is -2.04. The number of anilines is 1. The van der Waals surface area contributed by atoms with Gasteiger partial charge in [-0.2, -0.15) is 0 Å². The average Bonchev–Trinajstić information content (AvgIpc) is 3.20. The third-order valence-corrected chi connectivity index (χ3v) is 7.80. The first kappa shape index (κ1) is 27.3. The highest BCUT2D eigenvalue weighted by molar-refractivity contribution is 6.25. The molecule has 0 aliphatic carbocycles. The molecule has 40 heavy (non-hydrogen) atoms. The number of benzene rings is 2. The van der Waals surface area contributed by atoms with E-state index in [1.807, 2.05) is 0 Å². The van der Waals surface area contributed by atoms with Crippen molar-refractivity contribution in [2.24, 2.45) is 10.7 Å². The topological polar surface area (TPSA) is 137 Å². The maximum Gasteiger partial charge on any atom is 0.264 e. The molecule has 2 aromatic carbocycles. The molecule has 2 saturated heterocycles. The summed E-state index contributed by atoms with van der Waals surface area (Å²) in [5.41, 5.74) is 9.95. The molecule has 3 aliphatic heterocycles. The number of hydrogen-bond acceptors (Lipinski definition) is 8. The number of amides is 4. The minimum absolute atomic E-state index is 0.0874. The first-order valence-electron chi connectivity index (χ1n) is 13.6. The number of aliphatic imine (C=N–C) groups is 1. The minimum atomic E-state index is -0.986. The van der Waals surface area contributed by atoms with Gasteiger partial charge < -0.3 is 11.1 Å². The van der Waals surface area contributed by atoms with Crippen LogP contribution < -0.4 is 16.4 Å². The number of likely N-dealkylation sites (tertiary alicyclic amines) is 1. The van der Waals surface area contributed by atoms with Crippen LogP contribution in [0.4, 0.5) is 5.69 Å². The van der Waals surface area contributed by atoms with Crippen molar-refractivity contribution in [3.8, 4) is 0 Å². The first-order chi connectivity index (χ1) is 19.4. The van der Waals surface area contributed by atoms with Crippen molar-refractivity contribution in [3.63, 3.8) is 0 Å². The van der Waals surface area contributed by atoms with E-state index in [0.717, 1.165) is 42.9 Å². The number of hydrogen-bond donors (Lipinski definition) is 3. The standard InChI is InChI=1S/C30H34N6O4/c1-19-16-20(6-7-21(19)18-35-14-10-22(11-15-35)32-13-3-12-31)17-33-24-5-2-4-23-27(24)30(40)36(29(23)39)25-8-9-26(37)34-28(25)38/h2-7,12-13,16,22,25,33H,8-11,14-15,17-18,31H2,1H3,(H,34,37,38). The molecule has 3 aliphatic rings. The Kier molecular flexibility index (Phi) is 8.06. The molecule has 208 valence electrons. The van der Waals surface area contributed by atoms with Crippen LogP contribution in [-0.2, 0) is 22.7 Å². The largest absolute Gasteiger partial charge is 0.405 e. The fourth-order valence-electron chi connectivity index (χ4n) is 5.59. The summed E-state index contributed by atoms with van der Waals surface area (Å²) >= 11 is 0. The number of rotatable bonds is 8. The number of carbonyl (C=O) groups is 4. The molecule has 3 heterocycles. The van der Waals surface area contributed by atoms with Gasteiger partial charge in [0.1, 0.15) is 6.04 Å². The number of allylic oxidation sites excluding steroid dienone is 1. The summed E-state index contributed by atoms with van der Waals surface area (Å²) in [4.78, 5) is 58.3. The molecule has 10 nitrogen and oxygen atoms in total. The molecular weight excluding hydrogens is 508 g/mol. The van der Waals surface area contributed by atoms with Gasteiger partial charge in [0.25, 0.3) is 11.8 Å². The zero-order chi connectivity index (χ0) is 28.2.